The van der Waals surface area contributed by atoms with Crippen molar-refractivity contribution < 1.29 is 9.72 Å². The number of benzene rings is 3. The minimum Gasteiger partial charge on any atom is -0.497 e. The van der Waals surface area contributed by atoms with Crippen LogP contribution in [-0.2, 0) is 6.42 Å². The Bertz CT molecular complexity index is 1170. The molecule has 0 radical (unpaired) electrons. The first kappa shape index (κ1) is 19.7. The molecule has 0 spiro atoms. The molecule has 1 aromatic heterocycles. The molecule has 0 bridgehead atoms. The Labute approximate surface area is 180 Å². The van der Waals surface area contributed by atoms with Gasteiger partial charge in [-0.05, 0) is 46.9 Å². The minimum atomic E-state index is 0.154. The average Bonchev–Trinajstić information content (AvgIpc) is 3.24. The number of nitrogens with one attached hydrogen (secondary N) is 1. The highest BCUT2D eigenvalue weighted by Gasteiger charge is 2.20. The van der Waals surface area contributed by atoms with E-state index in [4.69, 9.17) is 10.5 Å². The fourth-order valence-electron chi connectivity index (χ4n) is 3.63. The van der Waals surface area contributed by atoms with Gasteiger partial charge in [0.05, 0.1) is 24.7 Å². The van der Waals surface area contributed by atoms with Crippen molar-refractivity contribution in [3.63, 3.8) is 0 Å². The van der Waals surface area contributed by atoms with Crippen LogP contribution in [0.5, 0.6) is 5.75 Å². The molecule has 0 aliphatic rings. The zero-order valence-corrected chi connectivity index (χ0v) is 17.4. The summed E-state index contributed by atoms with van der Waals surface area (Å²) in [4.78, 5) is 3.30. The first-order chi connectivity index (χ1) is 14.7. The molecule has 4 aromatic rings. The molecule has 3 N–H and O–H groups in total. The van der Waals surface area contributed by atoms with Crippen LogP contribution in [0.25, 0.3) is 11.1 Å². The van der Waals surface area contributed by atoms with Crippen molar-refractivity contribution in [3.8, 4) is 22.9 Å². The number of rotatable bonds is 6. The zero-order chi connectivity index (χ0) is 20.9. The third-order valence-electron chi connectivity index (χ3n) is 5.23. The molecule has 0 fully saturated rings. The van der Waals surface area contributed by atoms with Gasteiger partial charge in [-0.1, -0.05) is 65.9 Å². The van der Waals surface area contributed by atoms with Crippen molar-refractivity contribution in [3.05, 3.63) is 101 Å². The zero-order valence-electron chi connectivity index (χ0n) is 16.6. The molecule has 0 saturated carbocycles. The van der Waals surface area contributed by atoms with Gasteiger partial charge in [-0.3, -0.25) is 5.73 Å². The van der Waals surface area contributed by atoms with Gasteiger partial charge < -0.3 is 4.74 Å². The van der Waals surface area contributed by atoms with E-state index < -0.39 is 0 Å². The second-order valence-electron chi connectivity index (χ2n) is 7.06. The summed E-state index contributed by atoms with van der Waals surface area (Å²) < 4.78 is 5.30. The first-order valence-electron chi connectivity index (χ1n) is 9.66. The number of ether oxygens (including phenoxy) is 1. The lowest BCUT2D eigenvalue weighted by atomic mass is 9.89. The summed E-state index contributed by atoms with van der Waals surface area (Å²) in [6.45, 7) is 0. The lowest BCUT2D eigenvalue weighted by Crippen LogP contribution is -2.17. The summed E-state index contributed by atoms with van der Waals surface area (Å²) in [6.07, 6.45) is 0.833. The van der Waals surface area contributed by atoms with Crippen LogP contribution in [0.1, 0.15) is 28.3 Å². The van der Waals surface area contributed by atoms with Gasteiger partial charge in [-0.2, -0.15) is 5.26 Å². The quantitative estimate of drug-likeness (QED) is 0.481. The number of nitriles is 1. The highest BCUT2D eigenvalue weighted by atomic mass is 32.1. The van der Waals surface area contributed by atoms with Crippen LogP contribution in [0.4, 0.5) is 5.13 Å². The minimum absolute atomic E-state index is 0.154. The van der Waals surface area contributed by atoms with Crippen LogP contribution in [0.2, 0.25) is 0 Å². The van der Waals surface area contributed by atoms with E-state index in [0.717, 1.165) is 29.0 Å². The number of nitrogens with zero attached hydrogens (tertiary/aromatic N) is 1. The smallest absolute Gasteiger partial charge is 0.329 e. The number of aromatic amines is 1. The van der Waals surface area contributed by atoms with Crippen LogP contribution in [0.15, 0.2) is 78.2 Å². The second-order valence-corrected chi connectivity index (χ2v) is 7.98. The number of hydrogen-bond donors (Lipinski definition) is 1. The second kappa shape index (κ2) is 8.81. The van der Waals surface area contributed by atoms with Crippen molar-refractivity contribution >= 4 is 16.5 Å². The molecule has 4 rings (SSSR count). The number of anilines is 1. The molecule has 1 unspecified atom stereocenters. The summed E-state index contributed by atoms with van der Waals surface area (Å²) in [5.74, 6) is 0.994. The van der Waals surface area contributed by atoms with E-state index in [1.54, 1.807) is 7.11 Å². The Morgan fingerprint density at radius 3 is 2.40 bits per heavy atom. The Balaban J connectivity index is 1.63. The maximum Gasteiger partial charge on any atom is 0.329 e. The predicted octanol–water partition coefficient (Wildman–Crippen LogP) is 5.07. The van der Waals surface area contributed by atoms with Gasteiger partial charge in [0.1, 0.15) is 11.4 Å². The predicted molar refractivity (Wildman–Crippen MR) is 120 cm³/mol. The van der Waals surface area contributed by atoms with Crippen molar-refractivity contribution in [2.75, 3.05) is 12.8 Å². The maximum atomic E-state index is 9.37. The number of methoxy groups -OCH3 is 1. The molecule has 1 heterocycles. The number of nitrogen functional groups attached to an aromatic ring is 1. The standard InChI is InChI=1S/C25H21N3OS/c1-29-21-12-10-19(11-13-21)23(24-16-30-25(27)28-24)14-17-6-8-18(9-7-17)22-5-3-2-4-20(22)15-26/h2-13,16,23H,14H2,1H3,(H2,27,28)/p+1. The molecule has 3 aromatic carbocycles. The van der Waals surface area contributed by atoms with Gasteiger partial charge >= 0.3 is 5.13 Å². The number of thiazole rings is 1. The normalized spacial score (nSPS) is 11.6. The van der Waals surface area contributed by atoms with E-state index in [0.29, 0.717) is 10.7 Å². The van der Waals surface area contributed by atoms with Gasteiger partial charge in [0.15, 0.2) is 0 Å². The molecule has 0 amide bonds. The maximum absolute atomic E-state index is 9.37. The topological polar surface area (TPSA) is 73.2 Å². The van der Waals surface area contributed by atoms with Gasteiger partial charge in [0.25, 0.3) is 0 Å². The lowest BCUT2D eigenvalue weighted by Gasteiger charge is -2.15. The fourth-order valence-corrected chi connectivity index (χ4v) is 4.28. The van der Waals surface area contributed by atoms with Gasteiger partial charge in [0.2, 0.25) is 0 Å². The molecule has 0 aliphatic heterocycles. The molecule has 5 heteroatoms. The van der Waals surface area contributed by atoms with E-state index in [2.05, 4.69) is 52.8 Å². The van der Waals surface area contributed by atoms with Crippen molar-refractivity contribution in [2.24, 2.45) is 0 Å². The van der Waals surface area contributed by atoms with Crippen LogP contribution < -0.4 is 15.5 Å². The van der Waals surface area contributed by atoms with E-state index in [1.165, 1.54) is 22.5 Å². The lowest BCUT2D eigenvalue weighted by molar-refractivity contribution is -0.368. The van der Waals surface area contributed by atoms with Crippen LogP contribution in [0.3, 0.4) is 0 Å². The van der Waals surface area contributed by atoms with Crippen LogP contribution in [0, 0.1) is 11.3 Å². The van der Waals surface area contributed by atoms with Gasteiger partial charge in [0, 0.05) is 5.38 Å². The third-order valence-corrected chi connectivity index (χ3v) is 5.95. The van der Waals surface area contributed by atoms with E-state index in [-0.39, 0.29) is 5.92 Å². The Hall–Kier alpha value is -3.62. The van der Waals surface area contributed by atoms with Gasteiger partial charge in [-0.15, -0.1) is 0 Å². The van der Waals surface area contributed by atoms with Crippen LogP contribution >= 0.6 is 11.3 Å². The Morgan fingerprint density at radius 2 is 1.77 bits per heavy atom. The number of H-pyrrole nitrogens is 1. The molecule has 4 nitrogen and oxygen atoms in total. The largest absolute Gasteiger partial charge is 0.497 e. The fraction of sp³-hybridized carbons (Fsp3) is 0.120. The molecule has 30 heavy (non-hydrogen) atoms. The summed E-state index contributed by atoms with van der Waals surface area (Å²) >= 11 is 1.52. The third kappa shape index (κ3) is 4.19. The monoisotopic (exact) mass is 412 g/mol. The van der Waals surface area contributed by atoms with Crippen molar-refractivity contribution in [1.82, 2.24) is 0 Å². The molecular formula is C25H22N3OS+. The van der Waals surface area contributed by atoms with E-state index in [9.17, 15) is 5.26 Å². The molecule has 0 aliphatic carbocycles. The highest BCUT2D eigenvalue weighted by molar-refractivity contribution is 7.13. The van der Waals surface area contributed by atoms with Crippen LogP contribution in [-0.4, -0.2) is 7.11 Å². The SMILES string of the molecule is COc1ccc(C(Cc2ccc(-c3ccccc3C#N)cc2)c2csc(N)[nH+]2)cc1. The molecule has 0 saturated heterocycles. The summed E-state index contributed by atoms with van der Waals surface area (Å²) in [5.41, 5.74) is 12.2. The number of aromatic nitrogens is 1. The Morgan fingerprint density at radius 1 is 1.03 bits per heavy atom. The van der Waals surface area contributed by atoms with E-state index in [1.807, 2.05) is 36.4 Å². The molecule has 1 atom stereocenters. The average molecular weight is 413 g/mol. The van der Waals surface area contributed by atoms with Crippen molar-refractivity contribution in [1.29, 1.82) is 5.26 Å². The molecular weight excluding hydrogens is 390 g/mol. The van der Waals surface area contributed by atoms with E-state index >= 15 is 0 Å². The summed E-state index contributed by atoms with van der Waals surface area (Å²) in [7, 11) is 1.67. The van der Waals surface area contributed by atoms with Gasteiger partial charge in [-0.25, -0.2) is 4.98 Å². The number of nitrogens with two attached hydrogens (primary N) is 1. The summed E-state index contributed by atoms with van der Waals surface area (Å²) in [5, 5.41) is 12.2. The van der Waals surface area contributed by atoms with Crippen molar-refractivity contribution in [2.45, 2.75) is 12.3 Å². The first-order valence-corrected chi connectivity index (χ1v) is 10.5. The summed E-state index contributed by atoms with van der Waals surface area (Å²) in [6, 6.07) is 26.6. The Kier molecular flexibility index (Phi) is 5.78. The number of hydrogen-bond acceptors (Lipinski definition) is 4. The highest BCUT2D eigenvalue weighted by Crippen LogP contribution is 2.31. The molecule has 148 valence electrons.